The molecule has 0 atom stereocenters. The van der Waals surface area contributed by atoms with Crippen molar-refractivity contribution in [2.45, 2.75) is 26.7 Å². The highest BCUT2D eigenvalue weighted by Gasteiger charge is 2.17. The fourth-order valence-corrected chi connectivity index (χ4v) is 3.34. The molecule has 5 heteroatoms. The van der Waals surface area contributed by atoms with E-state index in [0.717, 1.165) is 44.8 Å². The number of aryl methyl sites for hydroxylation is 2. The third-order valence-electron chi connectivity index (χ3n) is 4.65. The predicted molar refractivity (Wildman–Crippen MR) is 107 cm³/mol. The van der Waals surface area contributed by atoms with Gasteiger partial charge in [0, 0.05) is 22.2 Å². The molecule has 0 bridgehead atoms. The highest BCUT2D eigenvalue weighted by molar-refractivity contribution is 5.99. The summed E-state index contributed by atoms with van der Waals surface area (Å²) in [6, 6.07) is 12.1. The fraction of sp³-hybridized carbons (Fsp3) is 0.318. The maximum absolute atomic E-state index is 11.8. The number of rotatable bonds is 7. The molecule has 0 aliphatic carbocycles. The van der Waals surface area contributed by atoms with E-state index in [1.165, 1.54) is 0 Å². The van der Waals surface area contributed by atoms with Gasteiger partial charge in [-0.05, 0) is 55.7 Å². The van der Waals surface area contributed by atoms with E-state index in [9.17, 15) is 4.79 Å². The quantitative estimate of drug-likeness (QED) is 0.617. The molecule has 0 spiro atoms. The maximum Gasteiger partial charge on any atom is 0.306 e. The van der Waals surface area contributed by atoms with Crippen molar-refractivity contribution >= 4 is 16.9 Å². The van der Waals surface area contributed by atoms with Crippen LogP contribution in [0, 0.1) is 6.92 Å². The average Bonchev–Trinajstić information content (AvgIpc) is 3.03. The van der Waals surface area contributed by atoms with Crippen LogP contribution in [-0.2, 0) is 16.0 Å². The summed E-state index contributed by atoms with van der Waals surface area (Å²) in [5.74, 6) is 1.46. The first kappa shape index (κ1) is 18.8. The summed E-state index contributed by atoms with van der Waals surface area (Å²) in [4.78, 5) is 15.3. The predicted octanol–water partition coefficient (Wildman–Crippen LogP) is 4.66. The fourth-order valence-electron chi connectivity index (χ4n) is 3.34. The Hall–Kier alpha value is -2.95. The van der Waals surface area contributed by atoms with Crippen LogP contribution in [0.25, 0.3) is 22.0 Å². The first-order valence-electron chi connectivity index (χ1n) is 9.06. The van der Waals surface area contributed by atoms with E-state index < -0.39 is 0 Å². The van der Waals surface area contributed by atoms with Gasteiger partial charge in [0.2, 0.25) is 0 Å². The molecule has 0 amide bonds. The Bertz CT molecular complexity index is 941. The zero-order chi connectivity index (χ0) is 19.4. The smallest absolute Gasteiger partial charge is 0.306 e. The number of ether oxygens (including phenoxy) is 3. The summed E-state index contributed by atoms with van der Waals surface area (Å²) >= 11 is 0. The van der Waals surface area contributed by atoms with Gasteiger partial charge >= 0.3 is 5.97 Å². The van der Waals surface area contributed by atoms with Gasteiger partial charge in [0.1, 0.15) is 11.5 Å². The number of carbonyl (C=O) groups is 1. The number of esters is 1. The lowest BCUT2D eigenvalue weighted by Crippen LogP contribution is -2.05. The number of H-pyrrole nitrogens is 1. The molecular formula is C22H25NO4. The molecule has 27 heavy (non-hydrogen) atoms. The van der Waals surface area contributed by atoms with Crippen molar-refractivity contribution in [1.29, 1.82) is 0 Å². The van der Waals surface area contributed by atoms with Crippen molar-refractivity contribution < 1.29 is 19.0 Å². The minimum Gasteiger partial charge on any atom is -0.497 e. The number of hydrogen-bond donors (Lipinski definition) is 1. The Kier molecular flexibility index (Phi) is 5.69. The second-order valence-electron chi connectivity index (χ2n) is 6.38. The number of hydrogen-bond acceptors (Lipinski definition) is 4. The average molecular weight is 367 g/mol. The van der Waals surface area contributed by atoms with Crippen LogP contribution in [0.15, 0.2) is 36.4 Å². The number of benzene rings is 2. The number of aromatic nitrogens is 1. The van der Waals surface area contributed by atoms with Crippen LogP contribution in [-0.4, -0.2) is 31.8 Å². The van der Waals surface area contributed by atoms with E-state index >= 15 is 0 Å². The summed E-state index contributed by atoms with van der Waals surface area (Å²) in [6.07, 6.45) is 0.913. The summed E-state index contributed by atoms with van der Waals surface area (Å²) in [7, 11) is 3.33. The summed E-state index contributed by atoms with van der Waals surface area (Å²) in [6.45, 7) is 4.23. The van der Waals surface area contributed by atoms with Gasteiger partial charge in [-0.3, -0.25) is 4.79 Å². The number of nitrogens with one attached hydrogen (secondary N) is 1. The molecule has 3 aromatic rings. The van der Waals surface area contributed by atoms with Gasteiger partial charge in [0.15, 0.2) is 0 Å². The van der Waals surface area contributed by atoms with E-state index in [1.54, 1.807) is 14.2 Å². The Morgan fingerprint density at radius 2 is 1.81 bits per heavy atom. The molecule has 0 radical (unpaired) electrons. The number of methoxy groups -OCH3 is 2. The molecule has 1 aromatic heterocycles. The number of carbonyl (C=O) groups excluding carboxylic acids is 1. The molecule has 1 heterocycles. The Morgan fingerprint density at radius 1 is 1.07 bits per heavy atom. The lowest BCUT2D eigenvalue weighted by atomic mass is 9.99. The molecule has 142 valence electrons. The lowest BCUT2D eigenvalue weighted by Gasteiger charge is -2.08. The van der Waals surface area contributed by atoms with Crippen molar-refractivity contribution in [3.05, 3.63) is 47.7 Å². The Balaban J connectivity index is 2.10. The van der Waals surface area contributed by atoms with Crippen molar-refractivity contribution in [1.82, 2.24) is 4.98 Å². The van der Waals surface area contributed by atoms with E-state index in [-0.39, 0.29) is 5.97 Å². The first-order valence-corrected chi connectivity index (χ1v) is 9.06. The zero-order valence-corrected chi connectivity index (χ0v) is 16.2. The van der Waals surface area contributed by atoms with Crippen LogP contribution >= 0.6 is 0 Å². The monoisotopic (exact) mass is 367 g/mol. The summed E-state index contributed by atoms with van der Waals surface area (Å²) < 4.78 is 15.9. The van der Waals surface area contributed by atoms with Crippen LogP contribution in [0.4, 0.5) is 0 Å². The molecule has 0 unspecified atom stereocenters. The molecule has 0 saturated heterocycles. The van der Waals surface area contributed by atoms with Crippen LogP contribution in [0.1, 0.15) is 24.6 Å². The molecule has 0 fully saturated rings. The van der Waals surface area contributed by atoms with E-state index in [0.29, 0.717) is 19.4 Å². The van der Waals surface area contributed by atoms with Gasteiger partial charge in [-0.25, -0.2) is 0 Å². The van der Waals surface area contributed by atoms with Crippen molar-refractivity contribution in [2.24, 2.45) is 0 Å². The minimum absolute atomic E-state index is 0.189. The molecular weight excluding hydrogens is 342 g/mol. The largest absolute Gasteiger partial charge is 0.497 e. The highest BCUT2D eigenvalue weighted by Crippen LogP contribution is 2.37. The van der Waals surface area contributed by atoms with Gasteiger partial charge < -0.3 is 19.2 Å². The van der Waals surface area contributed by atoms with Gasteiger partial charge in [0.05, 0.1) is 27.2 Å². The molecule has 0 saturated carbocycles. The lowest BCUT2D eigenvalue weighted by molar-refractivity contribution is -0.143. The second kappa shape index (κ2) is 8.16. The van der Waals surface area contributed by atoms with E-state index in [1.807, 2.05) is 38.1 Å². The molecule has 5 nitrogen and oxygen atoms in total. The van der Waals surface area contributed by atoms with E-state index in [2.05, 4.69) is 17.1 Å². The minimum atomic E-state index is -0.189. The first-order chi connectivity index (χ1) is 13.1. The Morgan fingerprint density at radius 3 is 2.44 bits per heavy atom. The van der Waals surface area contributed by atoms with Gasteiger partial charge in [-0.15, -0.1) is 0 Å². The zero-order valence-electron chi connectivity index (χ0n) is 16.2. The molecule has 0 aliphatic heterocycles. The summed E-state index contributed by atoms with van der Waals surface area (Å²) in [5, 5.41) is 1.07. The SMILES string of the molecule is CCOC(=O)CCc1[nH]c2cc(C)c(OC)cc2c1-c1ccc(OC)cc1. The summed E-state index contributed by atoms with van der Waals surface area (Å²) in [5.41, 5.74) is 5.24. The Labute approximate surface area is 159 Å². The van der Waals surface area contributed by atoms with Crippen molar-refractivity contribution in [3.63, 3.8) is 0 Å². The molecule has 3 rings (SSSR count). The van der Waals surface area contributed by atoms with Crippen LogP contribution in [0.5, 0.6) is 11.5 Å². The van der Waals surface area contributed by atoms with Gasteiger partial charge in [-0.2, -0.15) is 0 Å². The van der Waals surface area contributed by atoms with Gasteiger partial charge in [0.25, 0.3) is 0 Å². The number of aromatic amines is 1. The van der Waals surface area contributed by atoms with Crippen LogP contribution < -0.4 is 9.47 Å². The molecule has 1 N–H and O–H groups in total. The molecule has 0 aliphatic rings. The van der Waals surface area contributed by atoms with Crippen molar-refractivity contribution in [3.8, 4) is 22.6 Å². The maximum atomic E-state index is 11.8. The van der Waals surface area contributed by atoms with Crippen LogP contribution in [0.3, 0.4) is 0 Å². The van der Waals surface area contributed by atoms with Crippen molar-refractivity contribution in [2.75, 3.05) is 20.8 Å². The van der Waals surface area contributed by atoms with Gasteiger partial charge in [-0.1, -0.05) is 12.1 Å². The third-order valence-corrected chi connectivity index (χ3v) is 4.65. The third kappa shape index (κ3) is 3.92. The molecule has 2 aromatic carbocycles. The van der Waals surface area contributed by atoms with Crippen LogP contribution in [0.2, 0.25) is 0 Å². The standard InChI is InChI=1S/C22H25NO4/c1-5-27-21(24)11-10-18-22(15-6-8-16(25-3)9-7-15)17-13-20(26-4)14(2)12-19(17)23-18/h6-9,12-13,23H,5,10-11H2,1-4H3. The highest BCUT2D eigenvalue weighted by atomic mass is 16.5. The van der Waals surface area contributed by atoms with E-state index in [4.69, 9.17) is 14.2 Å². The second-order valence-corrected chi connectivity index (χ2v) is 6.38. The number of fused-ring (bicyclic) bond motifs is 1. The normalized spacial score (nSPS) is 10.8. The topological polar surface area (TPSA) is 60.6 Å².